The Hall–Kier alpha value is -3.44. The zero-order valence-corrected chi connectivity index (χ0v) is 16.7. The number of nitrogens with zero attached hydrogens (tertiary/aromatic N) is 5. The average Bonchev–Trinajstić information content (AvgIpc) is 3.37. The second-order valence-electron chi connectivity index (χ2n) is 7.36. The van der Waals surface area contributed by atoms with Gasteiger partial charge in [-0.15, -0.1) is 0 Å². The lowest BCUT2D eigenvalue weighted by molar-refractivity contribution is -0.192. The minimum absolute atomic E-state index is 0.0838. The number of pyridine rings is 1. The van der Waals surface area contributed by atoms with Crippen LogP contribution in [0.15, 0.2) is 30.6 Å². The van der Waals surface area contributed by atoms with Crippen LogP contribution in [-0.4, -0.2) is 68.4 Å². The van der Waals surface area contributed by atoms with E-state index < -0.39 is 12.1 Å². The van der Waals surface area contributed by atoms with Gasteiger partial charge in [-0.3, -0.25) is 14.3 Å². The number of aliphatic carboxylic acids is 1. The molecular weight excluding hydrogens is 419 g/mol. The topological polar surface area (TPSA) is 109 Å². The molecule has 0 aliphatic carbocycles. The van der Waals surface area contributed by atoms with Gasteiger partial charge in [-0.25, -0.2) is 9.78 Å². The number of likely N-dealkylation sites (tertiary alicyclic amines) is 1. The van der Waals surface area contributed by atoms with Crippen LogP contribution in [0, 0.1) is 18.8 Å². The van der Waals surface area contributed by atoms with Crippen LogP contribution in [0.1, 0.15) is 16.2 Å². The summed E-state index contributed by atoms with van der Waals surface area (Å²) < 4.78 is 33.4. The number of carboxylic acids is 1. The van der Waals surface area contributed by atoms with Crippen molar-refractivity contribution in [2.45, 2.75) is 13.1 Å². The number of rotatable bonds is 2. The number of aryl methyl sites for hydroxylation is 2. The Bertz CT molecular complexity index is 1010. The third kappa shape index (κ3) is 4.84. The number of anilines is 1. The Kier molecular flexibility index (Phi) is 6.00. The molecule has 1 N–H and O–H groups in total. The molecule has 2 fully saturated rings. The van der Waals surface area contributed by atoms with Gasteiger partial charge >= 0.3 is 12.1 Å². The van der Waals surface area contributed by atoms with Gasteiger partial charge in [0.15, 0.2) is 0 Å². The fourth-order valence-corrected chi connectivity index (χ4v) is 3.63. The summed E-state index contributed by atoms with van der Waals surface area (Å²) in [7, 11) is 1.83. The molecular formula is C19H20F3N5O4. The highest BCUT2D eigenvalue weighted by molar-refractivity contribution is 5.99. The maximum Gasteiger partial charge on any atom is 0.490 e. The predicted molar refractivity (Wildman–Crippen MR) is 101 cm³/mol. The van der Waals surface area contributed by atoms with E-state index in [0.29, 0.717) is 25.3 Å². The van der Waals surface area contributed by atoms with E-state index in [2.05, 4.69) is 10.1 Å². The zero-order chi connectivity index (χ0) is 22.9. The van der Waals surface area contributed by atoms with E-state index >= 15 is 0 Å². The first-order valence-corrected chi connectivity index (χ1v) is 9.30. The van der Waals surface area contributed by atoms with Gasteiger partial charge in [-0.1, -0.05) is 6.07 Å². The van der Waals surface area contributed by atoms with Crippen molar-refractivity contribution in [3.8, 4) is 0 Å². The molecule has 166 valence electrons. The van der Waals surface area contributed by atoms with Crippen molar-refractivity contribution >= 4 is 23.5 Å². The lowest BCUT2D eigenvalue weighted by Gasteiger charge is -2.20. The lowest BCUT2D eigenvalue weighted by Crippen LogP contribution is -2.36. The lowest BCUT2D eigenvalue weighted by atomic mass is 10.0. The maximum atomic E-state index is 12.7. The van der Waals surface area contributed by atoms with E-state index in [0.717, 1.165) is 11.4 Å². The van der Waals surface area contributed by atoms with Crippen LogP contribution >= 0.6 is 0 Å². The summed E-state index contributed by atoms with van der Waals surface area (Å²) in [6.07, 6.45) is -1.53. The van der Waals surface area contributed by atoms with E-state index in [1.807, 2.05) is 32.3 Å². The quantitative estimate of drug-likeness (QED) is 0.760. The monoisotopic (exact) mass is 439 g/mol. The van der Waals surface area contributed by atoms with Crippen LogP contribution in [0.2, 0.25) is 0 Å². The number of carboxylic acid groups (broad SMARTS) is 1. The Morgan fingerprint density at radius 2 is 1.87 bits per heavy atom. The first-order chi connectivity index (χ1) is 14.5. The average molecular weight is 439 g/mol. The summed E-state index contributed by atoms with van der Waals surface area (Å²) in [4.78, 5) is 42.0. The Morgan fingerprint density at radius 1 is 1.19 bits per heavy atom. The molecule has 2 aliphatic heterocycles. The molecule has 0 aromatic carbocycles. The summed E-state index contributed by atoms with van der Waals surface area (Å²) >= 11 is 0. The van der Waals surface area contributed by atoms with Crippen molar-refractivity contribution in [1.82, 2.24) is 19.7 Å². The number of carbonyl (C=O) groups is 3. The summed E-state index contributed by atoms with van der Waals surface area (Å²) in [5, 5.41) is 11.3. The summed E-state index contributed by atoms with van der Waals surface area (Å²) in [5.74, 6) is -2.72. The highest BCUT2D eigenvalue weighted by Crippen LogP contribution is 2.35. The molecule has 9 nitrogen and oxygen atoms in total. The molecule has 4 rings (SSSR count). The Balaban J connectivity index is 0.000000339. The minimum Gasteiger partial charge on any atom is -0.475 e. The molecule has 0 radical (unpaired) electrons. The van der Waals surface area contributed by atoms with E-state index in [9.17, 15) is 22.8 Å². The van der Waals surface area contributed by atoms with Crippen LogP contribution in [0.3, 0.4) is 0 Å². The highest BCUT2D eigenvalue weighted by Gasteiger charge is 2.48. The van der Waals surface area contributed by atoms with Gasteiger partial charge in [0.1, 0.15) is 5.69 Å². The van der Waals surface area contributed by atoms with Gasteiger partial charge in [0, 0.05) is 44.5 Å². The number of carbonyl (C=O) groups excluding carboxylic acids is 2. The van der Waals surface area contributed by atoms with Gasteiger partial charge in [-0.05, 0) is 19.1 Å². The van der Waals surface area contributed by atoms with Gasteiger partial charge in [0.05, 0.1) is 17.8 Å². The van der Waals surface area contributed by atoms with Crippen molar-refractivity contribution in [3.05, 3.63) is 42.0 Å². The van der Waals surface area contributed by atoms with Crippen LogP contribution in [0.25, 0.3) is 0 Å². The number of alkyl halides is 3. The summed E-state index contributed by atoms with van der Waals surface area (Å²) in [6.45, 7) is 3.57. The van der Waals surface area contributed by atoms with Crippen LogP contribution in [0.5, 0.6) is 0 Å². The molecule has 0 saturated carbocycles. The SMILES string of the molecule is Cc1cccc(C(=O)N2C[C@H]3CN(c4cnn(C)c4)C(=O)[C@H]3C2)n1.O=C(O)C(F)(F)F. The number of amides is 2. The molecule has 31 heavy (non-hydrogen) atoms. The Morgan fingerprint density at radius 3 is 2.39 bits per heavy atom. The maximum absolute atomic E-state index is 12.7. The normalized spacial score (nSPS) is 20.4. The fraction of sp³-hybridized carbons (Fsp3) is 0.421. The molecule has 2 aliphatic rings. The third-order valence-electron chi connectivity index (χ3n) is 5.08. The van der Waals surface area contributed by atoms with E-state index in [-0.39, 0.29) is 23.7 Å². The molecule has 4 heterocycles. The predicted octanol–water partition coefficient (Wildman–Crippen LogP) is 1.49. The number of hydrogen-bond donors (Lipinski definition) is 1. The van der Waals surface area contributed by atoms with Gasteiger partial charge in [0.2, 0.25) is 5.91 Å². The van der Waals surface area contributed by atoms with Crippen molar-refractivity contribution in [1.29, 1.82) is 0 Å². The Labute approximate surface area is 175 Å². The molecule has 12 heteroatoms. The second-order valence-corrected chi connectivity index (χ2v) is 7.36. The molecule has 2 aromatic rings. The molecule has 0 spiro atoms. The van der Waals surface area contributed by atoms with Crippen LogP contribution in [-0.2, 0) is 16.6 Å². The molecule has 0 bridgehead atoms. The first kappa shape index (κ1) is 22.2. The van der Waals surface area contributed by atoms with Gasteiger partial charge in [-0.2, -0.15) is 18.3 Å². The molecule has 2 amide bonds. The van der Waals surface area contributed by atoms with E-state index in [4.69, 9.17) is 9.90 Å². The van der Waals surface area contributed by atoms with Crippen molar-refractivity contribution < 1.29 is 32.7 Å². The summed E-state index contributed by atoms with van der Waals surface area (Å²) in [6, 6.07) is 5.43. The number of aromatic nitrogens is 3. The molecule has 2 aromatic heterocycles. The molecule has 2 saturated heterocycles. The van der Waals surface area contributed by atoms with Crippen molar-refractivity contribution in [3.63, 3.8) is 0 Å². The first-order valence-electron chi connectivity index (χ1n) is 9.30. The van der Waals surface area contributed by atoms with Crippen LogP contribution < -0.4 is 4.90 Å². The van der Waals surface area contributed by atoms with E-state index in [1.54, 1.807) is 26.7 Å². The smallest absolute Gasteiger partial charge is 0.475 e. The number of halogens is 3. The molecule has 0 unspecified atom stereocenters. The highest BCUT2D eigenvalue weighted by atomic mass is 19.4. The van der Waals surface area contributed by atoms with Crippen molar-refractivity contribution in [2.75, 3.05) is 24.5 Å². The van der Waals surface area contributed by atoms with Gasteiger partial charge < -0.3 is 14.9 Å². The molecule has 2 atom stereocenters. The number of hydrogen-bond acceptors (Lipinski definition) is 5. The zero-order valence-electron chi connectivity index (χ0n) is 16.7. The van der Waals surface area contributed by atoms with Gasteiger partial charge in [0.25, 0.3) is 5.91 Å². The van der Waals surface area contributed by atoms with E-state index in [1.165, 1.54) is 0 Å². The second kappa shape index (κ2) is 8.36. The fourth-order valence-electron chi connectivity index (χ4n) is 3.63. The van der Waals surface area contributed by atoms with Crippen LogP contribution in [0.4, 0.5) is 18.9 Å². The standard InChI is InChI=1S/C17H19N5O2.C2HF3O2/c1-11-4-3-5-15(19-11)17(24)21-7-12-8-22(16(23)14(12)10-21)13-6-18-20(2)9-13;3-2(4,5)1(6)7/h3-6,9,12,14H,7-8,10H2,1-2H3;(H,6,7)/t12-,14-;/m0./s1. The number of fused-ring (bicyclic) bond motifs is 1. The minimum atomic E-state index is -5.08. The largest absolute Gasteiger partial charge is 0.490 e. The third-order valence-corrected chi connectivity index (χ3v) is 5.08. The summed E-state index contributed by atoms with van der Waals surface area (Å²) in [5.41, 5.74) is 2.10. The van der Waals surface area contributed by atoms with Crippen molar-refractivity contribution in [2.24, 2.45) is 18.9 Å².